The highest BCUT2D eigenvalue weighted by Gasteiger charge is 1.85. The van der Waals surface area contributed by atoms with Gasteiger partial charge >= 0.3 is 0 Å². The summed E-state index contributed by atoms with van der Waals surface area (Å²) in [6.07, 6.45) is 18.7. The van der Waals surface area contributed by atoms with Crippen molar-refractivity contribution in [1.29, 1.82) is 0 Å². The zero-order chi connectivity index (χ0) is 14.0. The van der Waals surface area contributed by atoms with Crippen LogP contribution in [0.3, 0.4) is 0 Å². The summed E-state index contributed by atoms with van der Waals surface area (Å²) < 4.78 is 0. The van der Waals surface area contributed by atoms with Crippen LogP contribution in [0.5, 0.6) is 0 Å². The summed E-state index contributed by atoms with van der Waals surface area (Å²) in [6, 6.07) is 0. The fourth-order valence-electron chi connectivity index (χ4n) is 1.37. The molecule has 0 bridgehead atoms. The van der Waals surface area contributed by atoms with Gasteiger partial charge in [0.25, 0.3) is 0 Å². The van der Waals surface area contributed by atoms with E-state index in [-0.39, 0.29) is 0 Å². The zero-order valence-corrected chi connectivity index (χ0v) is 11.7. The molecule has 0 aliphatic rings. The normalized spacial score (nSPS) is 10.4. The fourth-order valence-corrected chi connectivity index (χ4v) is 1.37. The van der Waals surface area contributed by atoms with Crippen LogP contribution in [0.2, 0.25) is 0 Å². The van der Waals surface area contributed by atoms with Crippen LogP contribution in [0, 0.1) is 23.7 Å². The van der Waals surface area contributed by atoms with Crippen molar-refractivity contribution in [3.05, 3.63) is 36.5 Å². The van der Waals surface area contributed by atoms with Gasteiger partial charge in [-0.3, -0.25) is 4.79 Å². The number of aldehydes is 1. The summed E-state index contributed by atoms with van der Waals surface area (Å²) in [4.78, 5) is 10.0. The minimum absolute atomic E-state index is 0.770. The molecule has 0 aliphatic heterocycles. The van der Waals surface area contributed by atoms with Gasteiger partial charge in [0.2, 0.25) is 0 Å². The maximum absolute atomic E-state index is 10.0. The summed E-state index contributed by atoms with van der Waals surface area (Å²) in [5, 5.41) is 0. The van der Waals surface area contributed by atoms with Crippen molar-refractivity contribution in [1.82, 2.24) is 0 Å². The number of allylic oxidation sites excluding steroid dienone is 6. The lowest BCUT2D eigenvalue weighted by atomic mass is 10.1. The first-order chi connectivity index (χ1) is 9.41. The van der Waals surface area contributed by atoms with E-state index in [0.717, 1.165) is 32.0 Å². The molecule has 0 spiro atoms. The molecule has 1 heteroatoms. The van der Waals surface area contributed by atoms with Crippen molar-refractivity contribution in [2.75, 3.05) is 0 Å². The Balaban J connectivity index is 3.42. The number of hydrogen-bond donors (Lipinski definition) is 0. The lowest BCUT2D eigenvalue weighted by molar-refractivity contribution is -0.104. The Morgan fingerprint density at radius 1 is 0.947 bits per heavy atom. The Morgan fingerprint density at radius 3 is 2.47 bits per heavy atom. The molecule has 0 aromatic carbocycles. The molecule has 0 unspecified atom stereocenters. The van der Waals surface area contributed by atoms with Crippen molar-refractivity contribution in [3.63, 3.8) is 0 Å². The molecular weight excluding hydrogens is 232 g/mol. The molecule has 0 rings (SSSR count). The lowest BCUT2D eigenvalue weighted by Crippen LogP contribution is -1.75. The van der Waals surface area contributed by atoms with Crippen LogP contribution >= 0.6 is 0 Å². The number of rotatable bonds is 8. The molecule has 0 atom stereocenters. The van der Waals surface area contributed by atoms with E-state index in [9.17, 15) is 4.79 Å². The summed E-state index contributed by atoms with van der Waals surface area (Å²) >= 11 is 0. The van der Waals surface area contributed by atoms with Crippen LogP contribution in [0.4, 0.5) is 0 Å². The average molecular weight is 254 g/mol. The van der Waals surface area contributed by atoms with Crippen LogP contribution < -0.4 is 0 Å². The van der Waals surface area contributed by atoms with Gasteiger partial charge in [0.05, 0.1) is 0 Å². The molecule has 0 fully saturated rings. The van der Waals surface area contributed by atoms with E-state index in [2.05, 4.69) is 35.8 Å². The summed E-state index contributed by atoms with van der Waals surface area (Å²) in [5.41, 5.74) is 0. The minimum atomic E-state index is 0.770. The standard InChI is InChI=1S/C18H22O/c1-2-3-4-5-6-7-8-9-10-11-12-13-14-15-16-17-18-19/h2-3,9-10,16-18H,8,11-15H2,1H3. The fraction of sp³-hybridized carbons (Fsp3) is 0.389. The second kappa shape index (κ2) is 16.0. The summed E-state index contributed by atoms with van der Waals surface area (Å²) in [7, 11) is 0. The second-order valence-electron chi connectivity index (χ2n) is 3.95. The molecule has 0 N–H and O–H groups in total. The molecular formula is C18H22O. The van der Waals surface area contributed by atoms with Crippen LogP contribution in [0.25, 0.3) is 0 Å². The van der Waals surface area contributed by atoms with Gasteiger partial charge < -0.3 is 0 Å². The molecule has 0 heterocycles. The Morgan fingerprint density at radius 2 is 1.74 bits per heavy atom. The number of hydrogen-bond acceptors (Lipinski definition) is 1. The predicted octanol–water partition coefficient (Wildman–Crippen LogP) is 4.22. The molecule has 0 aromatic heterocycles. The predicted molar refractivity (Wildman–Crippen MR) is 82.4 cm³/mol. The lowest BCUT2D eigenvalue weighted by Gasteiger charge is -1.94. The molecule has 19 heavy (non-hydrogen) atoms. The van der Waals surface area contributed by atoms with Crippen LogP contribution in [-0.2, 0) is 4.79 Å². The number of carbonyl (C=O) groups is 1. The molecule has 0 saturated carbocycles. The SMILES string of the molecule is CC=CC#CC#CCC=CCCCCCC=CC=O. The maximum Gasteiger partial charge on any atom is 0.142 e. The van der Waals surface area contributed by atoms with Crippen LogP contribution in [0.15, 0.2) is 36.5 Å². The van der Waals surface area contributed by atoms with E-state index in [1.807, 2.05) is 19.1 Å². The number of unbranched alkanes of at least 4 members (excludes halogenated alkanes) is 4. The Hall–Kier alpha value is -1.99. The van der Waals surface area contributed by atoms with E-state index < -0.39 is 0 Å². The van der Waals surface area contributed by atoms with Crippen LogP contribution in [0.1, 0.15) is 45.4 Å². The van der Waals surface area contributed by atoms with Crippen molar-refractivity contribution >= 4 is 6.29 Å². The molecule has 0 amide bonds. The Labute approximate surface area is 117 Å². The Kier molecular flexibility index (Phi) is 14.3. The van der Waals surface area contributed by atoms with Crippen molar-refractivity contribution in [3.8, 4) is 23.7 Å². The third-order valence-corrected chi connectivity index (χ3v) is 2.32. The smallest absolute Gasteiger partial charge is 0.142 e. The van der Waals surface area contributed by atoms with Gasteiger partial charge in [-0.2, -0.15) is 0 Å². The Bertz CT molecular complexity index is 416. The highest BCUT2D eigenvalue weighted by Crippen LogP contribution is 2.04. The molecule has 0 aliphatic carbocycles. The molecule has 1 nitrogen and oxygen atoms in total. The van der Waals surface area contributed by atoms with E-state index in [0.29, 0.717) is 0 Å². The topological polar surface area (TPSA) is 17.1 Å². The van der Waals surface area contributed by atoms with E-state index in [4.69, 9.17) is 0 Å². The van der Waals surface area contributed by atoms with Crippen molar-refractivity contribution in [2.24, 2.45) is 0 Å². The third kappa shape index (κ3) is 16.0. The second-order valence-corrected chi connectivity index (χ2v) is 3.95. The summed E-state index contributed by atoms with van der Waals surface area (Å²) in [6.45, 7) is 1.93. The van der Waals surface area contributed by atoms with Gasteiger partial charge in [0.15, 0.2) is 0 Å². The third-order valence-electron chi connectivity index (χ3n) is 2.32. The quantitative estimate of drug-likeness (QED) is 0.208. The highest BCUT2D eigenvalue weighted by molar-refractivity contribution is 5.64. The average Bonchev–Trinajstić information content (AvgIpc) is 2.43. The zero-order valence-electron chi connectivity index (χ0n) is 11.7. The van der Waals surface area contributed by atoms with Crippen molar-refractivity contribution < 1.29 is 4.79 Å². The number of carbonyl (C=O) groups excluding carboxylic acids is 1. The summed E-state index contributed by atoms with van der Waals surface area (Å²) in [5.74, 6) is 11.4. The van der Waals surface area contributed by atoms with Gasteiger partial charge in [-0.05, 0) is 56.6 Å². The van der Waals surface area contributed by atoms with Gasteiger partial charge in [-0.1, -0.05) is 42.6 Å². The van der Waals surface area contributed by atoms with Gasteiger partial charge in [0.1, 0.15) is 6.29 Å². The van der Waals surface area contributed by atoms with Gasteiger partial charge in [0, 0.05) is 6.42 Å². The monoisotopic (exact) mass is 254 g/mol. The largest absolute Gasteiger partial charge is 0.299 e. The van der Waals surface area contributed by atoms with E-state index in [1.54, 1.807) is 12.2 Å². The highest BCUT2D eigenvalue weighted by atomic mass is 16.1. The molecule has 0 aromatic rings. The molecule has 0 radical (unpaired) electrons. The van der Waals surface area contributed by atoms with Gasteiger partial charge in [-0.15, -0.1) is 0 Å². The minimum Gasteiger partial charge on any atom is -0.299 e. The van der Waals surface area contributed by atoms with Crippen molar-refractivity contribution in [2.45, 2.75) is 45.4 Å². The van der Waals surface area contributed by atoms with Gasteiger partial charge in [-0.25, -0.2) is 0 Å². The van der Waals surface area contributed by atoms with Crippen LogP contribution in [-0.4, -0.2) is 6.29 Å². The first-order valence-corrected chi connectivity index (χ1v) is 6.76. The molecule has 0 saturated heterocycles. The first-order valence-electron chi connectivity index (χ1n) is 6.76. The maximum atomic E-state index is 10.0. The van der Waals surface area contributed by atoms with E-state index in [1.165, 1.54) is 12.8 Å². The molecule has 100 valence electrons. The van der Waals surface area contributed by atoms with E-state index >= 15 is 0 Å². The first kappa shape index (κ1) is 17.0.